The molecule has 1 saturated heterocycles. The SMILES string of the molecule is c1cc(-n2nnnc2CC2CCNC2)ccn1. The maximum atomic E-state index is 4.11. The van der Waals surface area contributed by atoms with Gasteiger partial charge in [-0.3, -0.25) is 4.98 Å². The zero-order chi connectivity index (χ0) is 11.5. The van der Waals surface area contributed by atoms with Gasteiger partial charge in [0.2, 0.25) is 0 Å². The predicted octanol–water partition coefficient (Wildman–Crippen LogP) is 0.209. The highest BCUT2D eigenvalue weighted by Crippen LogP contribution is 2.15. The topological polar surface area (TPSA) is 68.5 Å². The number of nitrogens with zero attached hydrogens (tertiary/aromatic N) is 5. The van der Waals surface area contributed by atoms with Crippen LogP contribution in [0.25, 0.3) is 5.69 Å². The average molecular weight is 230 g/mol. The molecule has 3 heterocycles. The molecule has 0 radical (unpaired) electrons. The van der Waals surface area contributed by atoms with Crippen molar-refractivity contribution < 1.29 is 0 Å². The monoisotopic (exact) mass is 230 g/mol. The van der Waals surface area contributed by atoms with Crippen LogP contribution < -0.4 is 5.32 Å². The predicted molar refractivity (Wildman–Crippen MR) is 61.6 cm³/mol. The van der Waals surface area contributed by atoms with Gasteiger partial charge in [-0.15, -0.1) is 5.10 Å². The van der Waals surface area contributed by atoms with Crippen LogP contribution in [0.5, 0.6) is 0 Å². The Morgan fingerprint density at radius 2 is 2.24 bits per heavy atom. The molecule has 3 rings (SSSR count). The van der Waals surface area contributed by atoms with Crippen LogP contribution in [0.1, 0.15) is 12.2 Å². The number of aromatic nitrogens is 5. The molecule has 2 aromatic heterocycles. The lowest BCUT2D eigenvalue weighted by Crippen LogP contribution is -2.13. The number of tetrazole rings is 1. The molecule has 1 unspecified atom stereocenters. The minimum Gasteiger partial charge on any atom is -0.316 e. The number of rotatable bonds is 3. The maximum Gasteiger partial charge on any atom is 0.157 e. The molecule has 1 N–H and O–H groups in total. The van der Waals surface area contributed by atoms with E-state index in [-0.39, 0.29) is 0 Å². The van der Waals surface area contributed by atoms with Crippen LogP contribution >= 0.6 is 0 Å². The highest BCUT2D eigenvalue weighted by Gasteiger charge is 2.18. The summed E-state index contributed by atoms with van der Waals surface area (Å²) < 4.78 is 1.79. The van der Waals surface area contributed by atoms with E-state index in [9.17, 15) is 0 Å². The van der Waals surface area contributed by atoms with Crippen molar-refractivity contribution in [2.45, 2.75) is 12.8 Å². The van der Waals surface area contributed by atoms with E-state index in [1.165, 1.54) is 6.42 Å². The van der Waals surface area contributed by atoms with Gasteiger partial charge in [0, 0.05) is 18.8 Å². The number of pyridine rings is 1. The molecule has 1 aliphatic heterocycles. The minimum absolute atomic E-state index is 0.640. The fourth-order valence-corrected chi connectivity index (χ4v) is 2.17. The summed E-state index contributed by atoms with van der Waals surface area (Å²) in [7, 11) is 0. The lowest BCUT2D eigenvalue weighted by atomic mass is 10.0. The summed E-state index contributed by atoms with van der Waals surface area (Å²) >= 11 is 0. The lowest BCUT2D eigenvalue weighted by molar-refractivity contribution is 0.551. The van der Waals surface area contributed by atoms with Crippen molar-refractivity contribution in [2.75, 3.05) is 13.1 Å². The highest BCUT2D eigenvalue weighted by molar-refractivity contribution is 5.27. The Kier molecular flexibility index (Phi) is 2.79. The number of hydrogen-bond donors (Lipinski definition) is 1. The molecule has 88 valence electrons. The molecular formula is C11H14N6. The summed E-state index contributed by atoms with van der Waals surface area (Å²) in [5.41, 5.74) is 0.964. The van der Waals surface area contributed by atoms with Crippen LogP contribution in [0.2, 0.25) is 0 Å². The van der Waals surface area contributed by atoms with E-state index in [1.807, 2.05) is 12.1 Å². The first-order valence-corrected chi connectivity index (χ1v) is 5.82. The first-order valence-electron chi connectivity index (χ1n) is 5.82. The van der Waals surface area contributed by atoms with E-state index < -0.39 is 0 Å². The molecule has 1 aliphatic rings. The Morgan fingerprint density at radius 1 is 1.35 bits per heavy atom. The van der Waals surface area contributed by atoms with Gasteiger partial charge in [-0.05, 0) is 48.0 Å². The van der Waals surface area contributed by atoms with Gasteiger partial charge in [0.05, 0.1) is 5.69 Å². The van der Waals surface area contributed by atoms with Gasteiger partial charge in [0.25, 0.3) is 0 Å². The zero-order valence-corrected chi connectivity index (χ0v) is 9.45. The van der Waals surface area contributed by atoms with Crippen LogP contribution in [-0.2, 0) is 6.42 Å². The molecule has 1 atom stereocenters. The summed E-state index contributed by atoms with van der Waals surface area (Å²) in [5.74, 6) is 1.56. The van der Waals surface area contributed by atoms with Gasteiger partial charge in [-0.2, -0.15) is 4.68 Å². The minimum atomic E-state index is 0.640. The Labute approximate surface area is 99.1 Å². The number of hydrogen-bond acceptors (Lipinski definition) is 5. The molecule has 0 saturated carbocycles. The quantitative estimate of drug-likeness (QED) is 0.816. The molecule has 6 nitrogen and oxygen atoms in total. The Hall–Kier alpha value is -1.82. The summed E-state index contributed by atoms with van der Waals surface area (Å²) in [5, 5.41) is 15.3. The second-order valence-corrected chi connectivity index (χ2v) is 4.28. The normalized spacial score (nSPS) is 19.6. The average Bonchev–Trinajstić information content (AvgIpc) is 3.02. The van der Waals surface area contributed by atoms with Gasteiger partial charge >= 0.3 is 0 Å². The van der Waals surface area contributed by atoms with E-state index in [0.29, 0.717) is 5.92 Å². The van der Waals surface area contributed by atoms with Crippen LogP contribution in [0.3, 0.4) is 0 Å². The third-order valence-electron chi connectivity index (χ3n) is 3.08. The molecule has 0 spiro atoms. The van der Waals surface area contributed by atoms with Crippen LogP contribution in [0, 0.1) is 5.92 Å². The molecule has 0 aliphatic carbocycles. The third kappa shape index (κ3) is 2.16. The first-order chi connectivity index (χ1) is 8.43. The third-order valence-corrected chi connectivity index (χ3v) is 3.08. The Morgan fingerprint density at radius 3 is 3.00 bits per heavy atom. The molecule has 17 heavy (non-hydrogen) atoms. The summed E-state index contributed by atoms with van der Waals surface area (Å²) in [6.45, 7) is 2.16. The smallest absolute Gasteiger partial charge is 0.157 e. The lowest BCUT2D eigenvalue weighted by Gasteiger charge is -2.07. The first kappa shape index (κ1) is 10.3. The van der Waals surface area contributed by atoms with E-state index in [0.717, 1.165) is 31.0 Å². The molecule has 6 heteroatoms. The Balaban J connectivity index is 1.84. The van der Waals surface area contributed by atoms with Crippen molar-refractivity contribution in [3.8, 4) is 5.69 Å². The van der Waals surface area contributed by atoms with Gasteiger partial charge in [-0.1, -0.05) is 0 Å². The van der Waals surface area contributed by atoms with E-state index in [4.69, 9.17) is 0 Å². The summed E-state index contributed by atoms with van der Waals surface area (Å²) in [6.07, 6.45) is 5.61. The van der Waals surface area contributed by atoms with Crippen LogP contribution in [0.4, 0.5) is 0 Å². The standard InChI is InChI=1S/C11H14N6/c1-4-13-8-9(1)7-11-14-15-16-17(11)10-2-5-12-6-3-10/h2-3,5-6,9,13H,1,4,7-8H2. The van der Waals surface area contributed by atoms with Crippen molar-refractivity contribution in [3.63, 3.8) is 0 Å². The maximum absolute atomic E-state index is 4.11. The molecule has 2 aromatic rings. The molecule has 1 fully saturated rings. The second-order valence-electron chi connectivity index (χ2n) is 4.28. The molecule has 0 bridgehead atoms. The van der Waals surface area contributed by atoms with E-state index in [1.54, 1.807) is 17.1 Å². The van der Waals surface area contributed by atoms with Crippen molar-refractivity contribution in [1.29, 1.82) is 0 Å². The van der Waals surface area contributed by atoms with E-state index in [2.05, 4.69) is 25.8 Å². The van der Waals surface area contributed by atoms with Crippen LogP contribution in [-0.4, -0.2) is 38.3 Å². The van der Waals surface area contributed by atoms with Crippen molar-refractivity contribution in [3.05, 3.63) is 30.4 Å². The molecular weight excluding hydrogens is 216 g/mol. The fourth-order valence-electron chi connectivity index (χ4n) is 2.17. The molecule has 0 aromatic carbocycles. The van der Waals surface area contributed by atoms with E-state index >= 15 is 0 Å². The van der Waals surface area contributed by atoms with Gasteiger partial charge in [-0.25, -0.2) is 0 Å². The Bertz CT molecular complexity index is 474. The summed E-state index contributed by atoms with van der Waals surface area (Å²) in [6, 6.07) is 3.82. The highest BCUT2D eigenvalue weighted by atomic mass is 15.5. The summed E-state index contributed by atoms with van der Waals surface area (Å²) in [4.78, 5) is 4.00. The van der Waals surface area contributed by atoms with Crippen molar-refractivity contribution >= 4 is 0 Å². The molecule has 0 amide bonds. The second kappa shape index (κ2) is 4.58. The van der Waals surface area contributed by atoms with Crippen LogP contribution in [0.15, 0.2) is 24.5 Å². The largest absolute Gasteiger partial charge is 0.316 e. The van der Waals surface area contributed by atoms with Gasteiger partial charge in [0.15, 0.2) is 5.82 Å². The van der Waals surface area contributed by atoms with Crippen molar-refractivity contribution in [1.82, 2.24) is 30.5 Å². The van der Waals surface area contributed by atoms with Crippen molar-refractivity contribution in [2.24, 2.45) is 5.92 Å². The van der Waals surface area contributed by atoms with Gasteiger partial charge in [0.1, 0.15) is 0 Å². The zero-order valence-electron chi connectivity index (χ0n) is 9.45. The fraction of sp³-hybridized carbons (Fsp3) is 0.455. The number of nitrogens with one attached hydrogen (secondary N) is 1. The van der Waals surface area contributed by atoms with Gasteiger partial charge < -0.3 is 5.32 Å².